The van der Waals surface area contributed by atoms with Crippen LogP contribution in [0.2, 0.25) is 0 Å². The predicted octanol–water partition coefficient (Wildman–Crippen LogP) is 5.25. The highest BCUT2D eigenvalue weighted by atomic mass is 32.1. The van der Waals surface area contributed by atoms with Crippen LogP contribution in [0.1, 0.15) is 52.5 Å². The van der Waals surface area contributed by atoms with Gasteiger partial charge in [0.1, 0.15) is 5.00 Å². The molecule has 2 heterocycles. The second-order valence-electron chi connectivity index (χ2n) is 7.45. The number of carbonyl (C=O) groups is 1. The van der Waals surface area contributed by atoms with Gasteiger partial charge in [-0.3, -0.25) is 4.68 Å². The molecule has 1 aliphatic carbocycles. The van der Waals surface area contributed by atoms with Crippen LogP contribution in [0.25, 0.3) is 0 Å². The largest absolute Gasteiger partial charge is 0.462 e. The lowest BCUT2D eigenvalue weighted by molar-refractivity contribution is 0.0527. The molecule has 8 heteroatoms. The minimum Gasteiger partial charge on any atom is -0.462 e. The molecule has 1 aromatic carbocycles. The number of hydrogen-bond acceptors (Lipinski definition) is 5. The maximum absolute atomic E-state index is 12.7. The van der Waals surface area contributed by atoms with Crippen molar-refractivity contribution in [3.8, 4) is 0 Å². The number of benzene rings is 1. The molecule has 0 fully saturated rings. The minimum absolute atomic E-state index is 0.278. The molecule has 0 amide bonds. The van der Waals surface area contributed by atoms with E-state index in [9.17, 15) is 4.79 Å². The van der Waals surface area contributed by atoms with Crippen molar-refractivity contribution in [3.63, 3.8) is 0 Å². The van der Waals surface area contributed by atoms with Crippen LogP contribution in [0.4, 0.5) is 10.8 Å². The third-order valence-corrected chi connectivity index (χ3v) is 6.61. The number of rotatable bonds is 6. The zero-order chi connectivity index (χ0) is 21.6. The van der Waals surface area contributed by atoms with Gasteiger partial charge in [-0.1, -0.05) is 36.8 Å². The molecule has 0 radical (unpaired) electrons. The number of carbonyl (C=O) groups excluding carboxylic acids is 1. The molecular formula is C23H26N4O2S2. The maximum Gasteiger partial charge on any atom is 0.341 e. The van der Waals surface area contributed by atoms with E-state index in [1.165, 1.54) is 16.9 Å². The smallest absolute Gasteiger partial charge is 0.341 e. The van der Waals surface area contributed by atoms with Crippen LogP contribution in [-0.2, 0) is 24.1 Å². The zero-order valence-electron chi connectivity index (χ0n) is 17.5. The number of aromatic nitrogens is 2. The molecule has 0 saturated heterocycles. The van der Waals surface area contributed by atoms with Crippen LogP contribution in [0.3, 0.4) is 0 Å². The van der Waals surface area contributed by atoms with Crippen molar-refractivity contribution >= 4 is 45.5 Å². The molecule has 1 aliphatic rings. The Morgan fingerprint density at radius 3 is 2.77 bits per heavy atom. The van der Waals surface area contributed by atoms with Gasteiger partial charge in [0.15, 0.2) is 10.9 Å². The van der Waals surface area contributed by atoms with Crippen molar-refractivity contribution in [1.82, 2.24) is 9.78 Å². The molecule has 0 bridgehead atoms. The van der Waals surface area contributed by atoms with Crippen molar-refractivity contribution in [2.45, 2.75) is 45.6 Å². The zero-order valence-corrected chi connectivity index (χ0v) is 19.2. The molecule has 162 valence electrons. The first-order valence-electron chi connectivity index (χ1n) is 10.6. The number of aryl methyl sites for hydroxylation is 1. The van der Waals surface area contributed by atoms with Crippen LogP contribution in [0.15, 0.2) is 42.6 Å². The Bertz CT molecular complexity index is 1060. The summed E-state index contributed by atoms with van der Waals surface area (Å²) < 4.78 is 7.20. The van der Waals surface area contributed by atoms with E-state index >= 15 is 0 Å². The Kier molecular flexibility index (Phi) is 6.99. The molecule has 0 aliphatic heterocycles. The average Bonchev–Trinajstić information content (AvgIpc) is 3.25. The summed E-state index contributed by atoms with van der Waals surface area (Å²) in [5, 5.41) is 12.1. The number of anilines is 2. The number of nitrogens with zero attached hydrogens (tertiary/aromatic N) is 2. The van der Waals surface area contributed by atoms with Gasteiger partial charge in [-0.25, -0.2) is 4.79 Å². The summed E-state index contributed by atoms with van der Waals surface area (Å²) in [6.45, 7) is 2.87. The van der Waals surface area contributed by atoms with Gasteiger partial charge < -0.3 is 15.4 Å². The molecule has 3 aromatic rings. The number of thiophene rings is 1. The monoisotopic (exact) mass is 454 g/mol. The highest BCUT2D eigenvalue weighted by molar-refractivity contribution is 7.80. The Morgan fingerprint density at radius 2 is 1.97 bits per heavy atom. The first-order chi connectivity index (χ1) is 15.1. The highest BCUT2D eigenvalue weighted by Crippen LogP contribution is 2.38. The first-order valence-corrected chi connectivity index (χ1v) is 11.8. The van der Waals surface area contributed by atoms with E-state index in [4.69, 9.17) is 17.0 Å². The van der Waals surface area contributed by atoms with E-state index < -0.39 is 0 Å². The molecule has 6 nitrogen and oxygen atoms in total. The number of nitrogens with one attached hydrogen (secondary N) is 2. The van der Waals surface area contributed by atoms with Gasteiger partial charge in [0.2, 0.25) is 0 Å². The van der Waals surface area contributed by atoms with Crippen LogP contribution in [0, 0.1) is 0 Å². The molecule has 4 rings (SSSR count). The third-order valence-electron chi connectivity index (χ3n) is 5.20. The fourth-order valence-electron chi connectivity index (χ4n) is 3.79. The minimum atomic E-state index is -0.278. The molecule has 0 saturated carbocycles. The van der Waals surface area contributed by atoms with Gasteiger partial charge in [-0.15, -0.1) is 11.3 Å². The molecule has 31 heavy (non-hydrogen) atoms. The van der Waals surface area contributed by atoms with Crippen LogP contribution < -0.4 is 10.6 Å². The van der Waals surface area contributed by atoms with Crippen molar-refractivity contribution in [2.24, 2.45) is 0 Å². The van der Waals surface area contributed by atoms with Crippen molar-refractivity contribution < 1.29 is 9.53 Å². The molecule has 0 unspecified atom stereocenters. The molecule has 0 spiro atoms. The molecular weight excluding hydrogens is 428 g/mol. The quantitative estimate of drug-likeness (QED) is 0.301. The summed E-state index contributed by atoms with van der Waals surface area (Å²) >= 11 is 7.13. The maximum atomic E-state index is 12.7. The van der Waals surface area contributed by atoms with Crippen molar-refractivity contribution in [1.29, 1.82) is 0 Å². The molecule has 2 aromatic heterocycles. The predicted molar refractivity (Wildman–Crippen MR) is 129 cm³/mol. The van der Waals surface area contributed by atoms with E-state index in [0.29, 0.717) is 29.6 Å². The lowest BCUT2D eigenvalue weighted by Gasteiger charge is -2.10. The summed E-state index contributed by atoms with van der Waals surface area (Å²) in [6, 6.07) is 12.0. The van der Waals surface area contributed by atoms with E-state index in [0.717, 1.165) is 36.2 Å². The summed E-state index contributed by atoms with van der Waals surface area (Å²) in [5.74, 6) is 0.378. The van der Waals surface area contributed by atoms with E-state index in [2.05, 4.69) is 27.9 Å². The van der Waals surface area contributed by atoms with Gasteiger partial charge in [0, 0.05) is 17.1 Å². The van der Waals surface area contributed by atoms with E-state index in [-0.39, 0.29) is 5.97 Å². The van der Waals surface area contributed by atoms with Crippen LogP contribution in [0.5, 0.6) is 0 Å². The SMILES string of the molecule is CCOC(=O)c1c(NC(=S)Nc2ccn(Cc3ccccc3)n2)sc2c1CCCCC2. The normalized spacial score (nSPS) is 13.2. The van der Waals surface area contributed by atoms with Gasteiger partial charge in [-0.05, 0) is 56.0 Å². The van der Waals surface area contributed by atoms with E-state index in [1.807, 2.05) is 42.1 Å². The fraction of sp³-hybridized carbons (Fsp3) is 0.348. The summed E-state index contributed by atoms with van der Waals surface area (Å²) in [6.07, 6.45) is 7.26. The van der Waals surface area contributed by atoms with Crippen molar-refractivity contribution in [3.05, 3.63) is 64.2 Å². The summed E-state index contributed by atoms with van der Waals surface area (Å²) in [5.41, 5.74) is 2.94. The van der Waals surface area contributed by atoms with Gasteiger partial charge in [0.05, 0.1) is 18.7 Å². The number of hydrogen-bond donors (Lipinski definition) is 2. The number of ether oxygens (including phenoxy) is 1. The van der Waals surface area contributed by atoms with Gasteiger partial charge in [0.25, 0.3) is 0 Å². The fourth-order valence-corrected chi connectivity index (χ4v) is 5.34. The lowest BCUT2D eigenvalue weighted by Crippen LogP contribution is -2.21. The number of esters is 1. The Labute approximate surface area is 191 Å². The standard InChI is InChI=1S/C23H26N4O2S2/c1-2-29-22(28)20-17-11-7-4-8-12-18(17)31-21(20)25-23(30)24-19-13-14-27(26-19)15-16-9-5-3-6-10-16/h3,5-6,9-10,13-14H,2,4,7-8,11-12,15H2,1H3,(H2,24,25,26,30). The Hall–Kier alpha value is -2.71. The molecule has 0 atom stereocenters. The summed E-state index contributed by atoms with van der Waals surface area (Å²) in [7, 11) is 0. The second kappa shape index (κ2) is 10.1. The first kappa shape index (κ1) is 21.5. The highest BCUT2D eigenvalue weighted by Gasteiger charge is 2.26. The topological polar surface area (TPSA) is 68.2 Å². The Morgan fingerprint density at radius 1 is 1.16 bits per heavy atom. The number of thiocarbonyl (C=S) groups is 1. The third kappa shape index (κ3) is 5.32. The summed E-state index contributed by atoms with van der Waals surface area (Å²) in [4.78, 5) is 14.0. The van der Waals surface area contributed by atoms with Crippen molar-refractivity contribution in [2.75, 3.05) is 17.2 Å². The van der Waals surface area contributed by atoms with E-state index in [1.54, 1.807) is 11.3 Å². The van der Waals surface area contributed by atoms with Gasteiger partial charge in [-0.2, -0.15) is 5.10 Å². The average molecular weight is 455 g/mol. The van der Waals surface area contributed by atoms with Crippen LogP contribution >= 0.6 is 23.6 Å². The molecule has 2 N–H and O–H groups in total. The second-order valence-corrected chi connectivity index (χ2v) is 8.97. The lowest BCUT2D eigenvalue weighted by atomic mass is 10.1. The van der Waals surface area contributed by atoms with Crippen LogP contribution in [-0.4, -0.2) is 27.5 Å². The van der Waals surface area contributed by atoms with Gasteiger partial charge >= 0.3 is 5.97 Å². The number of fused-ring (bicyclic) bond motifs is 1. The Balaban J connectivity index is 1.47.